The molecule has 0 aliphatic heterocycles. The molecule has 0 aliphatic carbocycles. The summed E-state index contributed by atoms with van der Waals surface area (Å²) in [6.07, 6.45) is 4.00. The van der Waals surface area contributed by atoms with E-state index in [0.29, 0.717) is 30.8 Å². The fourth-order valence-electron chi connectivity index (χ4n) is 1.88. The Balaban J connectivity index is 1.70. The number of ketones is 1. The average molecular weight is 301 g/mol. The van der Waals surface area contributed by atoms with Crippen LogP contribution < -0.4 is 10.1 Å². The van der Waals surface area contributed by atoms with Gasteiger partial charge in [0.2, 0.25) is 0 Å². The molecule has 22 heavy (non-hydrogen) atoms. The van der Waals surface area contributed by atoms with Crippen LogP contribution in [0.3, 0.4) is 0 Å². The number of aromatic nitrogens is 2. The first-order valence-corrected chi connectivity index (χ1v) is 7.19. The van der Waals surface area contributed by atoms with E-state index in [1.807, 2.05) is 19.2 Å². The van der Waals surface area contributed by atoms with E-state index in [-0.39, 0.29) is 18.3 Å². The summed E-state index contributed by atoms with van der Waals surface area (Å²) in [4.78, 5) is 23.1. The van der Waals surface area contributed by atoms with Gasteiger partial charge in [0.1, 0.15) is 5.75 Å². The first-order valence-electron chi connectivity index (χ1n) is 7.19. The van der Waals surface area contributed by atoms with Crippen LogP contribution in [0.4, 0.5) is 0 Å². The molecule has 0 atom stereocenters. The van der Waals surface area contributed by atoms with Crippen LogP contribution in [0.25, 0.3) is 0 Å². The van der Waals surface area contributed by atoms with Crippen LogP contribution in [0.2, 0.25) is 0 Å². The molecule has 6 heteroatoms. The lowest BCUT2D eigenvalue weighted by molar-refractivity contribution is -0.123. The van der Waals surface area contributed by atoms with Crippen LogP contribution in [0.15, 0.2) is 42.7 Å². The smallest absolute Gasteiger partial charge is 0.258 e. The van der Waals surface area contributed by atoms with Crippen LogP contribution in [0.1, 0.15) is 23.7 Å². The molecule has 2 aromatic rings. The van der Waals surface area contributed by atoms with Crippen molar-refractivity contribution in [3.8, 4) is 5.75 Å². The van der Waals surface area contributed by atoms with E-state index >= 15 is 0 Å². The summed E-state index contributed by atoms with van der Waals surface area (Å²) < 4.78 is 7.12. The van der Waals surface area contributed by atoms with E-state index in [4.69, 9.17) is 4.74 Å². The first-order chi connectivity index (χ1) is 10.7. The number of amides is 1. The Hall–Kier alpha value is -2.63. The highest BCUT2D eigenvalue weighted by Gasteiger charge is 2.05. The number of hydrogen-bond donors (Lipinski definition) is 1. The third-order valence-corrected chi connectivity index (χ3v) is 3.09. The number of rotatable bonds is 8. The third kappa shape index (κ3) is 4.73. The lowest BCUT2D eigenvalue weighted by Crippen LogP contribution is -2.31. The van der Waals surface area contributed by atoms with Crippen molar-refractivity contribution in [2.24, 2.45) is 0 Å². The van der Waals surface area contributed by atoms with Gasteiger partial charge in [0.25, 0.3) is 5.91 Å². The standard InChI is InChI=1S/C16H19N3O3/c1-2-15(20)13-4-6-14(7-5-13)22-12-16(21)17-9-11-19-10-3-8-18-19/h3-8,10H,2,9,11-12H2,1H3,(H,17,21). The third-order valence-electron chi connectivity index (χ3n) is 3.09. The molecule has 1 aromatic carbocycles. The van der Waals surface area contributed by atoms with E-state index in [9.17, 15) is 9.59 Å². The van der Waals surface area contributed by atoms with Crippen molar-refractivity contribution < 1.29 is 14.3 Å². The van der Waals surface area contributed by atoms with E-state index < -0.39 is 0 Å². The summed E-state index contributed by atoms with van der Waals surface area (Å²) in [5.41, 5.74) is 0.651. The number of carbonyl (C=O) groups is 2. The molecule has 0 spiro atoms. The molecule has 0 bridgehead atoms. The molecule has 6 nitrogen and oxygen atoms in total. The summed E-state index contributed by atoms with van der Waals surface area (Å²) in [6, 6.07) is 8.63. The summed E-state index contributed by atoms with van der Waals surface area (Å²) in [7, 11) is 0. The van der Waals surface area contributed by atoms with Crippen molar-refractivity contribution in [2.45, 2.75) is 19.9 Å². The molecule has 0 saturated heterocycles. The fraction of sp³-hybridized carbons (Fsp3) is 0.312. The second-order valence-corrected chi connectivity index (χ2v) is 4.71. The highest BCUT2D eigenvalue weighted by atomic mass is 16.5. The minimum absolute atomic E-state index is 0.0554. The van der Waals surface area contributed by atoms with E-state index in [1.54, 1.807) is 35.1 Å². The zero-order valence-corrected chi connectivity index (χ0v) is 12.5. The van der Waals surface area contributed by atoms with Crippen molar-refractivity contribution in [3.05, 3.63) is 48.3 Å². The zero-order chi connectivity index (χ0) is 15.8. The molecule has 0 saturated carbocycles. The Labute approximate surface area is 129 Å². The highest BCUT2D eigenvalue weighted by Crippen LogP contribution is 2.13. The van der Waals surface area contributed by atoms with Gasteiger partial charge in [0.15, 0.2) is 12.4 Å². The Morgan fingerprint density at radius 1 is 1.27 bits per heavy atom. The van der Waals surface area contributed by atoms with Gasteiger partial charge in [-0.15, -0.1) is 0 Å². The molecule has 1 amide bonds. The number of Topliss-reactive ketones (excluding diaryl/α,β-unsaturated/α-hetero) is 1. The maximum atomic E-state index is 11.6. The predicted molar refractivity (Wildman–Crippen MR) is 81.8 cm³/mol. The molecule has 0 fully saturated rings. The van der Waals surface area contributed by atoms with E-state index in [1.165, 1.54) is 0 Å². The maximum absolute atomic E-state index is 11.6. The molecular formula is C16H19N3O3. The molecule has 0 unspecified atom stereocenters. The van der Waals surface area contributed by atoms with Crippen LogP contribution in [0.5, 0.6) is 5.75 Å². The SMILES string of the molecule is CCC(=O)c1ccc(OCC(=O)NCCn2cccn2)cc1. The van der Waals surface area contributed by atoms with Gasteiger partial charge in [-0.1, -0.05) is 6.92 Å². The Morgan fingerprint density at radius 2 is 2.05 bits per heavy atom. The Morgan fingerprint density at radius 3 is 2.68 bits per heavy atom. The van der Waals surface area contributed by atoms with Gasteiger partial charge < -0.3 is 10.1 Å². The van der Waals surface area contributed by atoms with Crippen LogP contribution in [-0.4, -0.2) is 34.6 Å². The lowest BCUT2D eigenvalue weighted by atomic mass is 10.1. The second-order valence-electron chi connectivity index (χ2n) is 4.71. The lowest BCUT2D eigenvalue weighted by Gasteiger charge is -2.08. The minimum atomic E-state index is -0.194. The maximum Gasteiger partial charge on any atom is 0.258 e. The molecular weight excluding hydrogens is 282 g/mol. The number of carbonyl (C=O) groups excluding carboxylic acids is 2. The highest BCUT2D eigenvalue weighted by molar-refractivity contribution is 5.95. The summed E-state index contributed by atoms with van der Waals surface area (Å²) >= 11 is 0. The number of ether oxygens (including phenoxy) is 1. The first kappa shape index (κ1) is 15.8. The van der Waals surface area contributed by atoms with Crippen molar-refractivity contribution in [1.82, 2.24) is 15.1 Å². The van der Waals surface area contributed by atoms with Crippen LogP contribution in [0, 0.1) is 0 Å². The summed E-state index contributed by atoms with van der Waals surface area (Å²) in [5, 5.41) is 6.79. The van der Waals surface area contributed by atoms with Crippen LogP contribution >= 0.6 is 0 Å². The topological polar surface area (TPSA) is 73.2 Å². The summed E-state index contributed by atoms with van der Waals surface area (Å²) in [5.74, 6) is 0.457. The molecule has 1 heterocycles. The van der Waals surface area contributed by atoms with Gasteiger partial charge in [-0.3, -0.25) is 14.3 Å². The Bertz CT molecular complexity index is 606. The van der Waals surface area contributed by atoms with Gasteiger partial charge in [-0.25, -0.2) is 0 Å². The molecule has 2 rings (SSSR count). The number of hydrogen-bond acceptors (Lipinski definition) is 4. The molecule has 1 aromatic heterocycles. The van der Waals surface area contributed by atoms with Crippen molar-refractivity contribution in [3.63, 3.8) is 0 Å². The van der Waals surface area contributed by atoms with Crippen molar-refractivity contribution in [2.75, 3.05) is 13.2 Å². The average Bonchev–Trinajstić information content (AvgIpc) is 3.06. The second kappa shape index (κ2) is 7.97. The Kier molecular flexibility index (Phi) is 5.71. The zero-order valence-electron chi connectivity index (χ0n) is 12.5. The molecule has 0 aliphatic rings. The molecule has 0 radical (unpaired) electrons. The van der Waals surface area contributed by atoms with Crippen LogP contribution in [-0.2, 0) is 11.3 Å². The monoisotopic (exact) mass is 301 g/mol. The largest absolute Gasteiger partial charge is 0.484 e. The van der Waals surface area contributed by atoms with Crippen molar-refractivity contribution in [1.29, 1.82) is 0 Å². The van der Waals surface area contributed by atoms with E-state index in [2.05, 4.69) is 10.4 Å². The fourth-order valence-corrected chi connectivity index (χ4v) is 1.88. The summed E-state index contributed by atoms with van der Waals surface area (Å²) in [6.45, 7) is 2.88. The number of nitrogens with one attached hydrogen (secondary N) is 1. The van der Waals surface area contributed by atoms with Gasteiger partial charge in [-0.2, -0.15) is 5.10 Å². The predicted octanol–water partition coefficient (Wildman–Crippen LogP) is 1.67. The normalized spacial score (nSPS) is 10.2. The van der Waals surface area contributed by atoms with Gasteiger partial charge in [-0.05, 0) is 30.3 Å². The molecule has 116 valence electrons. The van der Waals surface area contributed by atoms with Gasteiger partial charge in [0.05, 0.1) is 6.54 Å². The molecule has 1 N–H and O–H groups in total. The quantitative estimate of drug-likeness (QED) is 0.753. The van der Waals surface area contributed by atoms with Gasteiger partial charge >= 0.3 is 0 Å². The van der Waals surface area contributed by atoms with E-state index in [0.717, 1.165) is 0 Å². The minimum Gasteiger partial charge on any atom is -0.484 e. The number of nitrogens with zero attached hydrogens (tertiary/aromatic N) is 2. The van der Waals surface area contributed by atoms with Crippen molar-refractivity contribution >= 4 is 11.7 Å². The number of benzene rings is 1. The van der Waals surface area contributed by atoms with Gasteiger partial charge in [0, 0.05) is 30.9 Å².